The van der Waals surface area contributed by atoms with E-state index in [-0.39, 0.29) is 18.5 Å². The first-order chi connectivity index (χ1) is 16.3. The van der Waals surface area contributed by atoms with Gasteiger partial charge in [0.25, 0.3) is 5.91 Å². The lowest BCUT2D eigenvalue weighted by molar-refractivity contribution is -0.123. The summed E-state index contributed by atoms with van der Waals surface area (Å²) in [7, 11) is 0. The van der Waals surface area contributed by atoms with Crippen LogP contribution in [0.4, 0.5) is 25.0 Å². The highest BCUT2D eigenvalue weighted by molar-refractivity contribution is 8.01. The van der Waals surface area contributed by atoms with Crippen LogP contribution in [0, 0.1) is 25.5 Å². The highest BCUT2D eigenvalue weighted by Crippen LogP contribution is 2.54. The highest BCUT2D eigenvalue weighted by Gasteiger charge is 2.59. The molecule has 1 fully saturated rings. The molecule has 3 aromatic rings. The van der Waals surface area contributed by atoms with Crippen molar-refractivity contribution in [2.24, 2.45) is 0 Å². The summed E-state index contributed by atoms with van der Waals surface area (Å²) in [5, 5.41) is 2.92. The fourth-order valence-corrected chi connectivity index (χ4v) is 5.99. The number of nitrogens with one attached hydrogen (secondary N) is 1. The third-order valence-electron chi connectivity index (χ3n) is 6.22. The molecule has 1 atom stereocenters. The molecule has 5 rings (SSSR count). The number of carbonyl (C=O) groups excluding carboxylic acids is 2. The molecule has 2 heterocycles. The molecule has 5 nitrogen and oxygen atoms in total. The van der Waals surface area contributed by atoms with Crippen molar-refractivity contribution in [3.63, 3.8) is 0 Å². The average Bonchev–Trinajstić information content (AvgIpc) is 3.35. The molecule has 3 amide bonds. The number of aryl methyl sites for hydroxylation is 2. The Kier molecular flexibility index (Phi) is 5.56. The molecular weight excluding hydrogens is 456 g/mol. The minimum Gasteiger partial charge on any atom is -0.308 e. The molecule has 0 aromatic heterocycles. The number of halogens is 2. The zero-order chi connectivity index (χ0) is 24.0. The normalized spacial score (nSPS) is 19.1. The van der Waals surface area contributed by atoms with Crippen LogP contribution in [0.5, 0.6) is 0 Å². The zero-order valence-electron chi connectivity index (χ0n) is 18.8. The van der Waals surface area contributed by atoms with Gasteiger partial charge in [-0.3, -0.25) is 9.69 Å². The second-order valence-corrected chi connectivity index (χ2v) is 9.89. The molecule has 8 heteroatoms. The third-order valence-corrected chi connectivity index (χ3v) is 7.64. The van der Waals surface area contributed by atoms with E-state index < -0.39 is 16.5 Å². The zero-order valence-corrected chi connectivity index (χ0v) is 19.6. The van der Waals surface area contributed by atoms with Crippen LogP contribution >= 0.6 is 11.8 Å². The fourth-order valence-electron chi connectivity index (χ4n) is 4.53. The van der Waals surface area contributed by atoms with E-state index in [1.807, 2.05) is 56.3 Å². The van der Waals surface area contributed by atoms with E-state index in [4.69, 9.17) is 0 Å². The smallest absolute Gasteiger partial charge is 0.308 e. The Balaban J connectivity index is 1.52. The van der Waals surface area contributed by atoms with E-state index in [9.17, 15) is 18.4 Å². The first-order valence-corrected chi connectivity index (χ1v) is 11.9. The number of benzene rings is 3. The van der Waals surface area contributed by atoms with Crippen molar-refractivity contribution in [2.45, 2.75) is 25.3 Å². The molecular formula is C26H23F2N3O2S. The Bertz CT molecular complexity index is 1300. The lowest BCUT2D eigenvalue weighted by Gasteiger charge is -2.33. The Morgan fingerprint density at radius 2 is 1.74 bits per heavy atom. The second kappa shape index (κ2) is 8.43. The van der Waals surface area contributed by atoms with E-state index in [0.717, 1.165) is 28.8 Å². The number of fused-ring (bicyclic) bond motifs is 2. The number of rotatable bonds is 3. The Morgan fingerprint density at radius 1 is 1.00 bits per heavy atom. The van der Waals surface area contributed by atoms with Gasteiger partial charge in [0, 0.05) is 23.5 Å². The standard InChI is InChI=1S/C26H23F2N3O2S/c1-16-3-7-19(8-4-16)29-25(33)31-11-12-34-26(31)20-13-17(2)5-10-23(20)30(24(26)32)15-18-6-9-21(27)22(28)14-18/h3-10,13-14H,11-12,15H2,1-2H3,(H,29,33). The Morgan fingerprint density at radius 3 is 2.47 bits per heavy atom. The molecule has 3 aromatic carbocycles. The van der Waals surface area contributed by atoms with Crippen molar-refractivity contribution in [3.05, 3.63) is 94.6 Å². The van der Waals surface area contributed by atoms with E-state index in [1.165, 1.54) is 17.8 Å². The van der Waals surface area contributed by atoms with Gasteiger partial charge in [0.15, 0.2) is 16.5 Å². The molecule has 1 saturated heterocycles. The van der Waals surface area contributed by atoms with E-state index >= 15 is 0 Å². The number of anilines is 2. The van der Waals surface area contributed by atoms with Gasteiger partial charge < -0.3 is 10.2 Å². The molecule has 0 radical (unpaired) electrons. The van der Waals surface area contributed by atoms with Gasteiger partial charge in [0.05, 0.1) is 12.2 Å². The van der Waals surface area contributed by atoms with Crippen molar-refractivity contribution in [1.82, 2.24) is 4.90 Å². The van der Waals surface area contributed by atoms with Gasteiger partial charge in [-0.1, -0.05) is 41.5 Å². The monoisotopic (exact) mass is 479 g/mol. The maximum Gasteiger partial charge on any atom is 0.323 e. The molecule has 2 aliphatic rings. The van der Waals surface area contributed by atoms with Gasteiger partial charge in [0.2, 0.25) is 0 Å². The Labute approximate surface area is 200 Å². The van der Waals surface area contributed by atoms with Crippen LogP contribution in [-0.4, -0.2) is 29.1 Å². The van der Waals surface area contributed by atoms with Crippen LogP contribution in [0.15, 0.2) is 60.7 Å². The number of urea groups is 1. The molecule has 0 saturated carbocycles. The van der Waals surface area contributed by atoms with Gasteiger partial charge >= 0.3 is 6.03 Å². The van der Waals surface area contributed by atoms with E-state index in [0.29, 0.717) is 29.2 Å². The number of nitrogens with zero attached hydrogens (tertiary/aromatic N) is 2. The first kappa shape index (κ1) is 22.4. The van der Waals surface area contributed by atoms with Crippen LogP contribution in [0.2, 0.25) is 0 Å². The van der Waals surface area contributed by atoms with Crippen molar-refractivity contribution in [1.29, 1.82) is 0 Å². The van der Waals surface area contributed by atoms with E-state index in [2.05, 4.69) is 5.32 Å². The predicted molar refractivity (Wildman–Crippen MR) is 130 cm³/mol. The van der Waals surface area contributed by atoms with Crippen molar-refractivity contribution < 1.29 is 18.4 Å². The van der Waals surface area contributed by atoms with Crippen LogP contribution in [0.25, 0.3) is 0 Å². The summed E-state index contributed by atoms with van der Waals surface area (Å²) in [6.45, 7) is 4.38. The average molecular weight is 480 g/mol. The van der Waals surface area contributed by atoms with Crippen molar-refractivity contribution in [3.8, 4) is 0 Å². The molecule has 1 N–H and O–H groups in total. The van der Waals surface area contributed by atoms with Crippen LogP contribution in [-0.2, 0) is 16.2 Å². The predicted octanol–water partition coefficient (Wildman–Crippen LogP) is 5.56. The van der Waals surface area contributed by atoms with Gasteiger partial charge in [-0.25, -0.2) is 13.6 Å². The largest absolute Gasteiger partial charge is 0.323 e. The minimum atomic E-state index is -1.21. The van der Waals surface area contributed by atoms with E-state index in [1.54, 1.807) is 9.80 Å². The topological polar surface area (TPSA) is 52.7 Å². The number of thioether (sulfide) groups is 1. The van der Waals surface area contributed by atoms with Gasteiger partial charge in [0.1, 0.15) is 0 Å². The van der Waals surface area contributed by atoms with Crippen LogP contribution < -0.4 is 10.2 Å². The summed E-state index contributed by atoms with van der Waals surface area (Å²) in [4.78, 5) is 29.3. The summed E-state index contributed by atoms with van der Waals surface area (Å²) in [6.07, 6.45) is 0. The minimum absolute atomic E-state index is 0.0713. The Hall–Kier alpha value is -3.39. The van der Waals surface area contributed by atoms with Crippen LogP contribution in [0.3, 0.4) is 0 Å². The van der Waals surface area contributed by atoms with Gasteiger partial charge in [-0.05, 0) is 49.7 Å². The number of carbonyl (C=O) groups is 2. The molecule has 1 spiro atoms. The summed E-state index contributed by atoms with van der Waals surface area (Å²) in [5.41, 5.74) is 4.57. The summed E-state index contributed by atoms with van der Waals surface area (Å²) in [6, 6.07) is 16.4. The first-order valence-electron chi connectivity index (χ1n) is 11.0. The van der Waals surface area contributed by atoms with Crippen molar-refractivity contribution >= 4 is 35.1 Å². The molecule has 2 aliphatic heterocycles. The third kappa shape index (κ3) is 3.62. The lowest BCUT2D eigenvalue weighted by atomic mass is 10.0. The molecule has 174 valence electrons. The molecule has 34 heavy (non-hydrogen) atoms. The van der Waals surface area contributed by atoms with Gasteiger partial charge in [-0.15, -0.1) is 11.8 Å². The molecule has 1 unspecified atom stereocenters. The SMILES string of the molecule is Cc1ccc(NC(=O)N2CCSC23C(=O)N(Cc2ccc(F)c(F)c2)c2ccc(C)cc23)cc1. The summed E-state index contributed by atoms with van der Waals surface area (Å²) < 4.78 is 27.3. The quantitative estimate of drug-likeness (QED) is 0.535. The highest BCUT2D eigenvalue weighted by atomic mass is 32.2. The summed E-state index contributed by atoms with van der Waals surface area (Å²) in [5.74, 6) is -1.56. The van der Waals surface area contributed by atoms with Gasteiger partial charge in [-0.2, -0.15) is 0 Å². The van der Waals surface area contributed by atoms with Crippen LogP contribution in [0.1, 0.15) is 22.3 Å². The maximum absolute atomic E-state index is 14.0. The number of amides is 3. The second-order valence-electron chi connectivity index (χ2n) is 8.60. The molecule has 0 bridgehead atoms. The maximum atomic E-state index is 14.0. The number of hydrogen-bond acceptors (Lipinski definition) is 3. The van der Waals surface area contributed by atoms with Crippen molar-refractivity contribution in [2.75, 3.05) is 22.5 Å². The fraction of sp³-hybridized carbons (Fsp3) is 0.231. The number of hydrogen-bond donors (Lipinski definition) is 1. The lowest BCUT2D eigenvalue weighted by Crippen LogP contribution is -2.51. The summed E-state index contributed by atoms with van der Waals surface area (Å²) >= 11 is 1.42. The molecule has 0 aliphatic carbocycles.